The molecule has 8 atom stereocenters. The molecule has 0 bridgehead atoms. The lowest BCUT2D eigenvalue weighted by atomic mass is 9.98. The average molecular weight is 416 g/mol. The Morgan fingerprint density at radius 3 is 2.34 bits per heavy atom. The van der Waals surface area contributed by atoms with Crippen molar-refractivity contribution in [2.75, 3.05) is 19.8 Å². The van der Waals surface area contributed by atoms with Crippen LogP contribution in [0.3, 0.4) is 0 Å². The Morgan fingerprint density at radius 2 is 1.79 bits per heavy atom. The third-order valence-corrected chi connectivity index (χ3v) is 4.96. The summed E-state index contributed by atoms with van der Waals surface area (Å²) < 4.78 is 21.8. The molecule has 6 N–H and O–H groups in total. The minimum absolute atomic E-state index is 0.245. The first kappa shape index (κ1) is 22.0. The van der Waals surface area contributed by atoms with E-state index in [1.54, 1.807) is 0 Å². The number of rotatable bonds is 7. The first-order valence-electron chi connectivity index (χ1n) is 8.95. The zero-order chi connectivity index (χ0) is 21.2. The van der Waals surface area contributed by atoms with Crippen molar-refractivity contribution in [3.63, 3.8) is 0 Å². The summed E-state index contributed by atoms with van der Waals surface area (Å²) in [5.74, 6) is 0.245. The third kappa shape index (κ3) is 4.43. The second-order valence-corrected chi connectivity index (χ2v) is 7.00. The Morgan fingerprint density at radius 1 is 1.10 bits per heavy atom. The van der Waals surface area contributed by atoms with Crippen LogP contribution in [-0.2, 0) is 14.2 Å². The fraction of sp³-hybridized carbons (Fsp3) is 0.611. The molecule has 0 aliphatic carbocycles. The van der Waals surface area contributed by atoms with E-state index in [1.165, 1.54) is 24.3 Å². The fourth-order valence-corrected chi connectivity index (χ4v) is 3.12. The number of benzene rings is 1. The highest BCUT2D eigenvalue weighted by molar-refractivity contribution is 5.74. The number of carbonyl (C=O) groups is 1. The van der Waals surface area contributed by atoms with E-state index in [9.17, 15) is 35.4 Å². The molecule has 2 saturated heterocycles. The van der Waals surface area contributed by atoms with E-state index >= 15 is 0 Å². The molecule has 2 aliphatic rings. The highest BCUT2D eigenvalue weighted by Gasteiger charge is 2.53. The van der Waals surface area contributed by atoms with Crippen molar-refractivity contribution < 1.29 is 54.4 Å². The molecule has 3 rings (SSSR count). The normalized spacial score (nSPS) is 40.0. The van der Waals surface area contributed by atoms with Crippen LogP contribution < -0.4 is 4.74 Å². The van der Waals surface area contributed by atoms with Gasteiger partial charge < -0.3 is 49.6 Å². The van der Waals surface area contributed by atoms with Crippen molar-refractivity contribution in [3.05, 3.63) is 29.8 Å². The summed E-state index contributed by atoms with van der Waals surface area (Å²) in [6.07, 6.45) is -9.47. The molecule has 11 heteroatoms. The molecule has 1 aromatic carbocycles. The minimum Gasteiger partial charge on any atom is -0.462 e. The van der Waals surface area contributed by atoms with Gasteiger partial charge in [-0.1, -0.05) is 0 Å². The van der Waals surface area contributed by atoms with Crippen molar-refractivity contribution in [2.24, 2.45) is 0 Å². The summed E-state index contributed by atoms with van der Waals surface area (Å²) in [5, 5.41) is 59.5. The van der Waals surface area contributed by atoms with Crippen LogP contribution in [0.2, 0.25) is 0 Å². The van der Waals surface area contributed by atoms with Gasteiger partial charge in [0.05, 0.1) is 19.8 Å². The molecule has 2 fully saturated rings. The maximum Gasteiger partial charge on any atom is 0.229 e. The third-order valence-electron chi connectivity index (χ3n) is 4.96. The highest BCUT2D eigenvalue weighted by Crippen LogP contribution is 2.31. The van der Waals surface area contributed by atoms with Crippen molar-refractivity contribution in [1.82, 2.24) is 0 Å². The van der Waals surface area contributed by atoms with Crippen LogP contribution in [0.25, 0.3) is 0 Å². The maximum absolute atomic E-state index is 10.8. The van der Waals surface area contributed by atoms with Crippen LogP contribution in [0.5, 0.6) is 5.75 Å². The van der Waals surface area contributed by atoms with E-state index in [2.05, 4.69) is 0 Å². The lowest BCUT2D eigenvalue weighted by molar-refractivity contribution is -0.318. The van der Waals surface area contributed by atoms with E-state index in [0.717, 1.165) is 0 Å². The van der Waals surface area contributed by atoms with Gasteiger partial charge in [-0.15, -0.1) is 0 Å². The summed E-state index contributed by atoms with van der Waals surface area (Å²) in [4.78, 5) is 10.8. The molecule has 0 aromatic heterocycles. The molecule has 29 heavy (non-hydrogen) atoms. The second-order valence-electron chi connectivity index (χ2n) is 7.00. The molecule has 1 aromatic rings. The number of aliphatic hydroxyl groups is 6. The van der Waals surface area contributed by atoms with Gasteiger partial charge in [0.2, 0.25) is 6.29 Å². The predicted octanol–water partition coefficient (Wildman–Crippen LogP) is -2.86. The minimum atomic E-state index is -1.95. The molecule has 11 nitrogen and oxygen atoms in total. The Kier molecular flexibility index (Phi) is 6.83. The molecule has 2 heterocycles. The van der Waals surface area contributed by atoms with E-state index in [1.807, 2.05) is 0 Å². The lowest BCUT2D eigenvalue weighted by Gasteiger charge is -2.42. The highest BCUT2D eigenvalue weighted by atomic mass is 16.8. The van der Waals surface area contributed by atoms with Crippen LogP contribution in [0.1, 0.15) is 10.4 Å². The molecule has 0 unspecified atom stereocenters. The van der Waals surface area contributed by atoms with Crippen LogP contribution in [0.4, 0.5) is 0 Å². The van der Waals surface area contributed by atoms with Crippen LogP contribution in [0, 0.1) is 0 Å². The number of hydrogen-bond acceptors (Lipinski definition) is 11. The zero-order valence-electron chi connectivity index (χ0n) is 15.3. The SMILES string of the molecule is O=Cc1ccc(O[C@@H]2O[C@H](CO)[C@@H](O)[C@H](O)[C@H]2O[C@H]2OC[C@](O)(CO)[C@H]2O)cc1. The van der Waals surface area contributed by atoms with Gasteiger partial charge in [0.15, 0.2) is 12.4 Å². The molecule has 162 valence electrons. The van der Waals surface area contributed by atoms with E-state index in [4.69, 9.17) is 18.9 Å². The lowest BCUT2D eigenvalue weighted by Crippen LogP contribution is -2.62. The van der Waals surface area contributed by atoms with Crippen LogP contribution >= 0.6 is 0 Å². The Hall–Kier alpha value is -1.67. The average Bonchev–Trinajstić information content (AvgIpc) is 3.02. The largest absolute Gasteiger partial charge is 0.462 e. The predicted molar refractivity (Wildman–Crippen MR) is 92.9 cm³/mol. The summed E-state index contributed by atoms with van der Waals surface area (Å²) in [6.45, 7) is -1.81. The van der Waals surface area contributed by atoms with Crippen LogP contribution in [-0.4, -0.2) is 105 Å². The van der Waals surface area contributed by atoms with Crippen molar-refractivity contribution >= 4 is 6.29 Å². The molecular formula is C18H24O11. The van der Waals surface area contributed by atoms with E-state index in [-0.39, 0.29) is 5.75 Å². The van der Waals surface area contributed by atoms with Gasteiger partial charge in [0.1, 0.15) is 42.1 Å². The topological polar surface area (TPSA) is 175 Å². The smallest absolute Gasteiger partial charge is 0.229 e. The van der Waals surface area contributed by atoms with Gasteiger partial charge in [0, 0.05) is 5.56 Å². The molecule has 0 saturated carbocycles. The summed E-state index contributed by atoms with van der Waals surface area (Å²) in [7, 11) is 0. The van der Waals surface area contributed by atoms with Crippen molar-refractivity contribution in [3.8, 4) is 5.75 Å². The molecular weight excluding hydrogens is 392 g/mol. The number of carbonyl (C=O) groups excluding carboxylic acids is 1. The Bertz CT molecular complexity index is 683. The van der Waals surface area contributed by atoms with Gasteiger partial charge in [-0.25, -0.2) is 0 Å². The first-order chi connectivity index (χ1) is 13.8. The molecule has 2 aliphatic heterocycles. The number of hydrogen-bond donors (Lipinski definition) is 6. The Balaban J connectivity index is 1.79. The zero-order valence-corrected chi connectivity index (χ0v) is 15.3. The fourth-order valence-electron chi connectivity index (χ4n) is 3.12. The molecule has 0 radical (unpaired) electrons. The van der Waals surface area contributed by atoms with E-state index < -0.39 is 68.5 Å². The van der Waals surface area contributed by atoms with Gasteiger partial charge in [0.25, 0.3) is 0 Å². The summed E-state index contributed by atoms with van der Waals surface area (Å²) in [5.41, 5.74) is -1.54. The number of ether oxygens (including phenoxy) is 4. The van der Waals surface area contributed by atoms with Crippen LogP contribution in [0.15, 0.2) is 24.3 Å². The first-order valence-corrected chi connectivity index (χ1v) is 8.95. The molecule has 0 amide bonds. The standard InChI is InChI=1S/C18H24O11/c19-5-9-1-3-10(4-2-9)27-16-14(13(23)12(22)11(6-20)28-16)29-17-15(24)18(25,7-21)8-26-17/h1-5,11-17,20-25H,6-8H2/t11-,12-,13+,14-,15+,16-,17-,18-/m1/s1. The van der Waals surface area contributed by atoms with E-state index in [0.29, 0.717) is 11.8 Å². The van der Waals surface area contributed by atoms with Gasteiger partial charge >= 0.3 is 0 Å². The maximum atomic E-state index is 10.8. The summed E-state index contributed by atoms with van der Waals surface area (Å²) in [6, 6.07) is 5.92. The molecule has 0 spiro atoms. The van der Waals surface area contributed by atoms with Crippen molar-refractivity contribution in [2.45, 2.75) is 48.7 Å². The number of aliphatic hydroxyl groups excluding tert-OH is 5. The van der Waals surface area contributed by atoms with Gasteiger partial charge in [-0.05, 0) is 24.3 Å². The second kappa shape index (κ2) is 9.00. The van der Waals surface area contributed by atoms with Gasteiger partial charge in [-0.3, -0.25) is 4.79 Å². The van der Waals surface area contributed by atoms with Gasteiger partial charge in [-0.2, -0.15) is 0 Å². The monoisotopic (exact) mass is 416 g/mol. The Labute approximate surface area is 165 Å². The quantitative estimate of drug-likeness (QED) is 0.252. The summed E-state index contributed by atoms with van der Waals surface area (Å²) >= 11 is 0. The number of aldehydes is 1. The van der Waals surface area contributed by atoms with Crippen molar-refractivity contribution in [1.29, 1.82) is 0 Å².